The van der Waals surface area contributed by atoms with Gasteiger partial charge < -0.3 is 19.9 Å². The third-order valence-corrected chi connectivity index (χ3v) is 4.53. The first-order valence-electron chi connectivity index (χ1n) is 10.3. The Morgan fingerprint density at radius 2 is 1.81 bits per heavy atom. The van der Waals surface area contributed by atoms with E-state index >= 15 is 0 Å². The minimum atomic E-state index is -0.385. The molecular formula is C23H29FIN5O2. The van der Waals surface area contributed by atoms with Crippen LogP contribution in [0, 0.1) is 5.82 Å². The zero-order valence-corrected chi connectivity index (χ0v) is 20.8. The van der Waals surface area contributed by atoms with Crippen molar-refractivity contribution in [3.63, 3.8) is 0 Å². The maximum Gasteiger partial charge on any atom is 0.228 e. The third-order valence-electron chi connectivity index (χ3n) is 4.53. The van der Waals surface area contributed by atoms with Crippen LogP contribution in [0.2, 0.25) is 0 Å². The molecule has 0 fully saturated rings. The topological polar surface area (TPSA) is 84.6 Å². The van der Waals surface area contributed by atoms with Crippen LogP contribution in [-0.2, 0) is 12.8 Å². The highest BCUT2D eigenvalue weighted by molar-refractivity contribution is 14.0. The molecule has 7 nitrogen and oxygen atoms in total. The van der Waals surface area contributed by atoms with Crippen LogP contribution in [0.25, 0.3) is 0 Å². The maximum atomic E-state index is 14.4. The van der Waals surface area contributed by atoms with Gasteiger partial charge >= 0.3 is 0 Å². The number of nitrogens with zero attached hydrogens (tertiary/aromatic N) is 3. The van der Waals surface area contributed by atoms with Gasteiger partial charge in [-0.3, -0.25) is 4.99 Å². The minimum Gasteiger partial charge on any atom is -0.454 e. The van der Waals surface area contributed by atoms with Gasteiger partial charge in [0.1, 0.15) is 5.75 Å². The van der Waals surface area contributed by atoms with Crippen molar-refractivity contribution in [3.8, 4) is 11.5 Å². The summed E-state index contributed by atoms with van der Waals surface area (Å²) in [6, 6.07) is 14.2. The van der Waals surface area contributed by atoms with Gasteiger partial charge in [-0.15, -0.1) is 24.0 Å². The summed E-state index contributed by atoms with van der Waals surface area (Å²) in [6.45, 7) is 5.26. The fourth-order valence-corrected chi connectivity index (χ4v) is 2.84. The summed E-state index contributed by atoms with van der Waals surface area (Å²) >= 11 is 0. The van der Waals surface area contributed by atoms with Gasteiger partial charge in [-0.2, -0.15) is 4.98 Å². The number of halogens is 2. The highest BCUT2D eigenvalue weighted by atomic mass is 127. The Morgan fingerprint density at radius 1 is 1.09 bits per heavy atom. The second-order valence-corrected chi connectivity index (χ2v) is 7.31. The van der Waals surface area contributed by atoms with E-state index in [1.54, 1.807) is 25.2 Å². The molecule has 0 aliphatic carbocycles. The lowest BCUT2D eigenvalue weighted by Gasteiger charge is -2.12. The van der Waals surface area contributed by atoms with Gasteiger partial charge in [0.15, 0.2) is 23.4 Å². The number of ether oxygens (including phenoxy) is 1. The first-order valence-corrected chi connectivity index (χ1v) is 10.3. The standard InChI is InChI=1S/C23H28FN5O2.HI/c1-16(2)22-28-21(31-29-22)12-14-27-23(25-3)26-13-11-17-9-10-20(19(24)15-17)30-18-7-5-4-6-8-18;/h4-10,15-16H,11-14H2,1-3H3,(H2,25,26,27);1H. The first kappa shape index (κ1) is 25.6. The predicted molar refractivity (Wildman–Crippen MR) is 133 cm³/mol. The Labute approximate surface area is 204 Å². The van der Waals surface area contributed by atoms with Crippen LogP contribution in [-0.4, -0.2) is 36.2 Å². The van der Waals surface area contributed by atoms with E-state index in [0.29, 0.717) is 49.4 Å². The van der Waals surface area contributed by atoms with Crippen LogP contribution in [0.4, 0.5) is 4.39 Å². The van der Waals surface area contributed by atoms with Crippen molar-refractivity contribution < 1.29 is 13.7 Å². The number of aromatic nitrogens is 2. The van der Waals surface area contributed by atoms with Crippen molar-refractivity contribution in [2.75, 3.05) is 20.1 Å². The zero-order chi connectivity index (χ0) is 22.1. The number of nitrogens with one attached hydrogen (secondary N) is 2. The molecule has 0 aliphatic rings. The van der Waals surface area contributed by atoms with Crippen molar-refractivity contribution in [1.82, 2.24) is 20.8 Å². The monoisotopic (exact) mass is 553 g/mol. The molecule has 0 atom stereocenters. The molecule has 3 aromatic rings. The van der Waals surface area contributed by atoms with Crippen LogP contribution >= 0.6 is 24.0 Å². The number of hydrogen-bond acceptors (Lipinski definition) is 5. The van der Waals surface area contributed by atoms with E-state index in [9.17, 15) is 4.39 Å². The molecule has 1 heterocycles. The van der Waals surface area contributed by atoms with E-state index in [4.69, 9.17) is 9.26 Å². The largest absolute Gasteiger partial charge is 0.454 e. The number of para-hydroxylation sites is 1. The van der Waals surface area contributed by atoms with E-state index < -0.39 is 0 Å². The molecule has 0 aliphatic heterocycles. The average Bonchev–Trinajstić information content (AvgIpc) is 3.24. The Morgan fingerprint density at radius 3 is 2.44 bits per heavy atom. The predicted octanol–water partition coefficient (Wildman–Crippen LogP) is 4.69. The summed E-state index contributed by atoms with van der Waals surface area (Å²) in [4.78, 5) is 8.55. The molecule has 0 spiro atoms. The summed E-state index contributed by atoms with van der Waals surface area (Å²) in [5.41, 5.74) is 0.868. The van der Waals surface area contributed by atoms with Gasteiger partial charge in [0.2, 0.25) is 5.89 Å². The normalized spacial score (nSPS) is 11.2. The molecule has 0 unspecified atom stereocenters. The Balaban J connectivity index is 0.00000363. The van der Waals surface area contributed by atoms with Crippen molar-refractivity contribution in [1.29, 1.82) is 0 Å². The van der Waals surface area contributed by atoms with Gasteiger partial charge in [0.25, 0.3) is 0 Å². The molecule has 0 amide bonds. The van der Waals surface area contributed by atoms with E-state index in [1.807, 2.05) is 38.1 Å². The molecular weight excluding hydrogens is 524 g/mol. The molecule has 0 bridgehead atoms. The number of aliphatic imine (C=N–C) groups is 1. The zero-order valence-electron chi connectivity index (χ0n) is 18.5. The van der Waals surface area contributed by atoms with Gasteiger partial charge in [-0.25, -0.2) is 4.39 Å². The lowest BCUT2D eigenvalue weighted by Crippen LogP contribution is -2.39. The van der Waals surface area contributed by atoms with Crippen LogP contribution in [0.5, 0.6) is 11.5 Å². The number of benzene rings is 2. The van der Waals surface area contributed by atoms with Crippen LogP contribution < -0.4 is 15.4 Å². The maximum absolute atomic E-state index is 14.4. The third kappa shape index (κ3) is 7.77. The second-order valence-electron chi connectivity index (χ2n) is 7.31. The van der Waals surface area contributed by atoms with E-state index in [-0.39, 0.29) is 41.5 Å². The highest BCUT2D eigenvalue weighted by Gasteiger charge is 2.10. The molecule has 0 saturated heterocycles. The molecule has 2 N–H and O–H groups in total. The summed E-state index contributed by atoms with van der Waals surface area (Å²) in [5.74, 6) is 2.64. The van der Waals surface area contributed by atoms with Crippen molar-refractivity contribution in [2.45, 2.75) is 32.6 Å². The highest BCUT2D eigenvalue weighted by Crippen LogP contribution is 2.25. The smallest absolute Gasteiger partial charge is 0.228 e. The molecule has 0 saturated carbocycles. The van der Waals surface area contributed by atoms with Crippen molar-refractivity contribution in [3.05, 3.63) is 71.6 Å². The van der Waals surface area contributed by atoms with Crippen LogP contribution in [0.3, 0.4) is 0 Å². The molecule has 2 aromatic carbocycles. The van der Waals surface area contributed by atoms with Gasteiger partial charge in [0.05, 0.1) is 0 Å². The summed E-state index contributed by atoms with van der Waals surface area (Å²) in [7, 11) is 1.70. The summed E-state index contributed by atoms with van der Waals surface area (Å²) in [6.07, 6.45) is 1.25. The molecule has 0 radical (unpaired) electrons. The lowest BCUT2D eigenvalue weighted by molar-refractivity contribution is 0.371. The van der Waals surface area contributed by atoms with Gasteiger partial charge in [-0.05, 0) is 36.2 Å². The number of hydrogen-bond donors (Lipinski definition) is 2. The number of guanidine groups is 1. The van der Waals surface area contributed by atoms with Crippen molar-refractivity contribution >= 4 is 29.9 Å². The molecule has 172 valence electrons. The number of rotatable bonds is 9. The Hall–Kier alpha value is -2.69. The van der Waals surface area contributed by atoms with Crippen LogP contribution in [0.15, 0.2) is 58.0 Å². The Bertz CT molecular complexity index is 995. The fraction of sp³-hybridized carbons (Fsp3) is 0.348. The van der Waals surface area contributed by atoms with E-state index in [1.165, 1.54) is 6.07 Å². The lowest BCUT2D eigenvalue weighted by atomic mass is 10.1. The van der Waals surface area contributed by atoms with Gasteiger partial charge in [0, 0.05) is 32.5 Å². The minimum absolute atomic E-state index is 0. The van der Waals surface area contributed by atoms with E-state index in [0.717, 1.165) is 5.56 Å². The molecule has 32 heavy (non-hydrogen) atoms. The van der Waals surface area contributed by atoms with Gasteiger partial charge in [-0.1, -0.05) is 43.3 Å². The summed E-state index contributed by atoms with van der Waals surface area (Å²) < 4.78 is 25.2. The molecule has 3 rings (SSSR count). The Kier molecular flexibility index (Phi) is 10.4. The molecule has 9 heteroatoms. The second kappa shape index (κ2) is 13.0. The first-order chi connectivity index (χ1) is 15.0. The van der Waals surface area contributed by atoms with Crippen LogP contribution in [0.1, 0.15) is 37.0 Å². The van der Waals surface area contributed by atoms with Crippen molar-refractivity contribution in [2.24, 2.45) is 4.99 Å². The summed E-state index contributed by atoms with van der Waals surface area (Å²) in [5, 5.41) is 10.4. The SMILES string of the molecule is CN=C(NCCc1ccc(Oc2ccccc2)c(F)c1)NCCc1nc(C(C)C)no1.I. The fourth-order valence-electron chi connectivity index (χ4n) is 2.84. The quantitative estimate of drug-likeness (QED) is 0.227. The molecule has 1 aromatic heterocycles. The van der Waals surface area contributed by atoms with E-state index in [2.05, 4.69) is 25.8 Å². The average molecular weight is 553 g/mol.